The fourth-order valence-corrected chi connectivity index (χ4v) is 1.44. The monoisotopic (exact) mass is 232 g/mol. The Kier molecular flexibility index (Phi) is 12.8. The topological polar surface area (TPSA) is 70.5 Å². The lowest BCUT2D eigenvalue weighted by Crippen LogP contribution is -2.15. The van der Waals surface area contributed by atoms with Gasteiger partial charge in [0, 0.05) is 19.8 Å². The Morgan fingerprint density at radius 1 is 0.938 bits per heavy atom. The van der Waals surface area contributed by atoms with E-state index in [2.05, 4.69) is 6.92 Å². The quantitative estimate of drug-likeness (QED) is 0.497. The minimum absolute atomic E-state index is 0.365. The predicted molar refractivity (Wildman–Crippen MR) is 67.4 cm³/mol. The summed E-state index contributed by atoms with van der Waals surface area (Å²) in [5, 5.41) is 0. The van der Waals surface area contributed by atoms with Gasteiger partial charge in [-0.3, -0.25) is 0 Å². The van der Waals surface area contributed by atoms with Gasteiger partial charge in [-0.2, -0.15) is 0 Å². The van der Waals surface area contributed by atoms with Gasteiger partial charge in [-0.15, -0.1) is 0 Å². The van der Waals surface area contributed by atoms with Crippen molar-refractivity contribution in [1.82, 2.24) is 0 Å². The molecule has 0 amide bonds. The van der Waals surface area contributed by atoms with E-state index in [-0.39, 0.29) is 0 Å². The first-order valence-corrected chi connectivity index (χ1v) is 6.44. The van der Waals surface area contributed by atoms with Crippen LogP contribution in [-0.4, -0.2) is 39.0 Å². The minimum atomic E-state index is 0.365. The zero-order valence-corrected chi connectivity index (χ0v) is 10.6. The van der Waals surface area contributed by atoms with Crippen LogP contribution >= 0.6 is 0 Å². The van der Waals surface area contributed by atoms with Crippen molar-refractivity contribution in [2.75, 3.05) is 32.9 Å². The highest BCUT2D eigenvalue weighted by Gasteiger charge is 2.05. The molecule has 0 radical (unpaired) electrons. The van der Waals surface area contributed by atoms with Crippen LogP contribution in [-0.2, 0) is 9.47 Å². The average Bonchev–Trinajstić information content (AvgIpc) is 2.31. The highest BCUT2D eigenvalue weighted by Crippen LogP contribution is 2.07. The van der Waals surface area contributed by atoms with Crippen LogP contribution in [0.5, 0.6) is 0 Å². The molecule has 98 valence electrons. The van der Waals surface area contributed by atoms with E-state index >= 15 is 0 Å². The van der Waals surface area contributed by atoms with E-state index in [1.807, 2.05) is 0 Å². The van der Waals surface area contributed by atoms with Crippen molar-refractivity contribution >= 4 is 0 Å². The Hall–Kier alpha value is -0.160. The molecule has 4 nitrogen and oxygen atoms in total. The third-order valence-electron chi connectivity index (χ3n) is 2.46. The van der Waals surface area contributed by atoms with E-state index in [1.165, 1.54) is 0 Å². The van der Waals surface area contributed by atoms with Gasteiger partial charge in [0.25, 0.3) is 0 Å². The van der Waals surface area contributed by atoms with E-state index < -0.39 is 0 Å². The third-order valence-corrected chi connectivity index (χ3v) is 2.46. The van der Waals surface area contributed by atoms with Crippen LogP contribution in [0.2, 0.25) is 0 Å². The lowest BCUT2D eigenvalue weighted by Gasteiger charge is -2.15. The highest BCUT2D eigenvalue weighted by atomic mass is 16.5. The van der Waals surface area contributed by atoms with Crippen LogP contribution in [0.4, 0.5) is 0 Å². The Balaban J connectivity index is 3.26. The molecule has 0 aromatic rings. The van der Waals surface area contributed by atoms with Crippen LogP contribution in [0.3, 0.4) is 0 Å². The minimum Gasteiger partial charge on any atom is -0.381 e. The van der Waals surface area contributed by atoms with Crippen LogP contribution in [0, 0.1) is 0 Å². The lowest BCUT2D eigenvalue weighted by molar-refractivity contribution is 0.0347. The van der Waals surface area contributed by atoms with Gasteiger partial charge in [-0.05, 0) is 45.2 Å². The molecule has 1 unspecified atom stereocenters. The molecule has 0 aliphatic heterocycles. The van der Waals surface area contributed by atoms with Gasteiger partial charge in [-0.1, -0.05) is 6.92 Å². The molecule has 0 bridgehead atoms. The molecular formula is C12H28N2O2. The highest BCUT2D eigenvalue weighted by molar-refractivity contribution is 4.56. The normalized spacial score (nSPS) is 12.9. The molecule has 0 aliphatic carbocycles. The van der Waals surface area contributed by atoms with Gasteiger partial charge in [0.1, 0.15) is 0 Å². The van der Waals surface area contributed by atoms with Gasteiger partial charge in [0.2, 0.25) is 0 Å². The number of hydrogen-bond acceptors (Lipinski definition) is 4. The largest absolute Gasteiger partial charge is 0.381 e. The van der Waals surface area contributed by atoms with Crippen LogP contribution in [0.1, 0.15) is 39.0 Å². The molecule has 4 N–H and O–H groups in total. The number of ether oxygens (including phenoxy) is 2. The van der Waals surface area contributed by atoms with Crippen LogP contribution in [0.25, 0.3) is 0 Å². The zero-order valence-electron chi connectivity index (χ0n) is 10.6. The maximum absolute atomic E-state index is 5.70. The van der Waals surface area contributed by atoms with Crippen molar-refractivity contribution in [2.45, 2.75) is 45.1 Å². The second-order valence-electron chi connectivity index (χ2n) is 3.94. The molecule has 0 aromatic carbocycles. The predicted octanol–water partition coefficient (Wildman–Crippen LogP) is 1.28. The summed E-state index contributed by atoms with van der Waals surface area (Å²) in [6.07, 6.45) is 5.46. The van der Waals surface area contributed by atoms with Crippen LogP contribution in [0.15, 0.2) is 0 Å². The molecule has 0 spiro atoms. The summed E-state index contributed by atoms with van der Waals surface area (Å²) in [4.78, 5) is 0. The Morgan fingerprint density at radius 2 is 1.56 bits per heavy atom. The van der Waals surface area contributed by atoms with Crippen molar-refractivity contribution in [1.29, 1.82) is 0 Å². The average molecular weight is 232 g/mol. The van der Waals surface area contributed by atoms with Gasteiger partial charge >= 0.3 is 0 Å². The molecule has 0 aromatic heterocycles. The molecular weight excluding hydrogens is 204 g/mol. The molecule has 0 heterocycles. The smallest absolute Gasteiger partial charge is 0.0573 e. The molecule has 0 aliphatic rings. The number of rotatable bonds is 12. The molecule has 1 atom stereocenters. The van der Waals surface area contributed by atoms with Crippen molar-refractivity contribution in [3.8, 4) is 0 Å². The Bertz CT molecular complexity index is 134. The van der Waals surface area contributed by atoms with Crippen molar-refractivity contribution in [2.24, 2.45) is 11.5 Å². The van der Waals surface area contributed by atoms with E-state index in [4.69, 9.17) is 20.9 Å². The Labute approximate surface area is 99.7 Å². The molecule has 0 saturated heterocycles. The summed E-state index contributed by atoms with van der Waals surface area (Å²) >= 11 is 0. The first-order valence-electron chi connectivity index (χ1n) is 6.44. The lowest BCUT2D eigenvalue weighted by atomic mass is 10.1. The number of hydrogen-bond donors (Lipinski definition) is 2. The van der Waals surface area contributed by atoms with E-state index in [9.17, 15) is 0 Å². The van der Waals surface area contributed by atoms with Gasteiger partial charge in [0.15, 0.2) is 0 Å². The van der Waals surface area contributed by atoms with Gasteiger partial charge in [-0.25, -0.2) is 0 Å². The van der Waals surface area contributed by atoms with E-state index in [0.717, 1.165) is 51.9 Å². The molecule has 0 rings (SSSR count). The first-order chi connectivity index (χ1) is 7.85. The van der Waals surface area contributed by atoms with Crippen molar-refractivity contribution in [3.63, 3.8) is 0 Å². The fourth-order valence-electron chi connectivity index (χ4n) is 1.44. The molecule has 0 fully saturated rings. The van der Waals surface area contributed by atoms with E-state index in [1.54, 1.807) is 0 Å². The maximum Gasteiger partial charge on any atom is 0.0573 e. The first kappa shape index (κ1) is 15.8. The summed E-state index contributed by atoms with van der Waals surface area (Å²) in [6.45, 7) is 5.95. The van der Waals surface area contributed by atoms with Crippen molar-refractivity contribution < 1.29 is 9.47 Å². The SMILES string of the molecule is CCC(CCCOCCCN)OCCCN. The summed E-state index contributed by atoms with van der Waals surface area (Å²) in [5.41, 5.74) is 10.8. The second-order valence-corrected chi connectivity index (χ2v) is 3.94. The zero-order chi connectivity index (χ0) is 12.1. The summed E-state index contributed by atoms with van der Waals surface area (Å²) in [7, 11) is 0. The van der Waals surface area contributed by atoms with Gasteiger partial charge < -0.3 is 20.9 Å². The van der Waals surface area contributed by atoms with Gasteiger partial charge in [0.05, 0.1) is 6.10 Å². The maximum atomic E-state index is 5.70. The molecule has 0 saturated carbocycles. The van der Waals surface area contributed by atoms with Crippen LogP contribution < -0.4 is 11.5 Å². The molecule has 4 heteroatoms. The third kappa shape index (κ3) is 10.4. The summed E-state index contributed by atoms with van der Waals surface area (Å²) in [5.74, 6) is 0. The summed E-state index contributed by atoms with van der Waals surface area (Å²) in [6, 6.07) is 0. The molecule has 16 heavy (non-hydrogen) atoms. The summed E-state index contributed by atoms with van der Waals surface area (Å²) < 4.78 is 11.1. The Morgan fingerprint density at radius 3 is 2.19 bits per heavy atom. The van der Waals surface area contributed by atoms with Crippen molar-refractivity contribution in [3.05, 3.63) is 0 Å². The fraction of sp³-hybridized carbons (Fsp3) is 1.00. The van der Waals surface area contributed by atoms with E-state index in [0.29, 0.717) is 19.2 Å². The number of nitrogens with two attached hydrogens (primary N) is 2. The second kappa shape index (κ2) is 12.9. The standard InChI is InChI=1S/C12H28N2O2/c1-2-12(16-11-5-8-14)6-3-9-15-10-4-7-13/h12H,2-11,13-14H2,1H3.